The number of carbonyl (C=O) groups excluding carboxylic acids is 1. The van der Waals surface area contributed by atoms with E-state index in [1.165, 1.54) is 10.7 Å². The smallest absolute Gasteiger partial charge is 0.345 e. The summed E-state index contributed by atoms with van der Waals surface area (Å²) in [5.41, 5.74) is 0.417. The summed E-state index contributed by atoms with van der Waals surface area (Å²) < 4.78 is 6.09. The highest BCUT2D eigenvalue weighted by molar-refractivity contribution is 6.42. The van der Waals surface area contributed by atoms with Crippen molar-refractivity contribution in [2.24, 2.45) is 0 Å². The number of rotatable bonds is 3. The Hall–Kier alpha value is -1.72. The first-order valence-electron chi connectivity index (χ1n) is 5.89. The van der Waals surface area contributed by atoms with Crippen LogP contribution in [0.3, 0.4) is 0 Å². The highest BCUT2D eigenvalue weighted by Gasteiger charge is 2.20. The predicted octanol–water partition coefficient (Wildman–Crippen LogP) is 2.96. The van der Waals surface area contributed by atoms with Crippen LogP contribution in [0.1, 0.15) is 23.0 Å². The van der Waals surface area contributed by atoms with E-state index in [1.807, 2.05) is 0 Å². The zero-order valence-corrected chi connectivity index (χ0v) is 12.4. The van der Waals surface area contributed by atoms with Gasteiger partial charge in [0, 0.05) is 5.69 Å². The molecule has 106 valence electrons. The van der Waals surface area contributed by atoms with Gasteiger partial charge in [-0.25, -0.2) is 9.48 Å². The largest absolute Gasteiger partial charge is 0.462 e. The Balaban J connectivity index is 2.54. The first-order chi connectivity index (χ1) is 9.45. The zero-order chi connectivity index (χ0) is 14.9. The molecule has 5 nitrogen and oxygen atoms in total. The maximum Gasteiger partial charge on any atom is 0.345 e. The second-order valence-corrected chi connectivity index (χ2v) is 4.89. The fourth-order valence-electron chi connectivity index (χ4n) is 1.80. The number of hydrogen-bond acceptors (Lipinski definition) is 3. The Labute approximate surface area is 125 Å². The van der Waals surface area contributed by atoms with Crippen molar-refractivity contribution in [1.82, 2.24) is 9.78 Å². The summed E-state index contributed by atoms with van der Waals surface area (Å²) >= 11 is 11.8. The average molecular weight is 315 g/mol. The number of aromatic nitrogens is 2. The molecule has 0 fully saturated rings. The maximum absolute atomic E-state index is 12.3. The number of ether oxygens (including phenoxy) is 1. The fraction of sp³-hybridized carbons (Fsp3) is 0.231. The van der Waals surface area contributed by atoms with Crippen molar-refractivity contribution in [3.8, 4) is 5.69 Å². The molecule has 0 atom stereocenters. The van der Waals surface area contributed by atoms with E-state index < -0.39 is 11.5 Å². The lowest BCUT2D eigenvalue weighted by molar-refractivity contribution is 0.0524. The Morgan fingerprint density at radius 2 is 2.05 bits per heavy atom. The average Bonchev–Trinajstić information content (AvgIpc) is 2.68. The SMILES string of the molecule is CCOC(=O)c1c(C)[nH]n(-c2ccc(Cl)c(Cl)c2)c1=O. The lowest BCUT2D eigenvalue weighted by atomic mass is 10.2. The van der Waals surface area contributed by atoms with E-state index in [4.69, 9.17) is 27.9 Å². The summed E-state index contributed by atoms with van der Waals surface area (Å²) in [5.74, 6) is -0.648. The number of benzene rings is 1. The van der Waals surface area contributed by atoms with Crippen LogP contribution >= 0.6 is 23.2 Å². The van der Waals surface area contributed by atoms with Crippen LogP contribution in [0.15, 0.2) is 23.0 Å². The molecule has 20 heavy (non-hydrogen) atoms. The van der Waals surface area contributed by atoms with Crippen LogP contribution < -0.4 is 5.56 Å². The molecule has 1 aromatic heterocycles. The summed E-state index contributed by atoms with van der Waals surface area (Å²) in [5, 5.41) is 3.52. The molecule has 0 saturated heterocycles. The number of aryl methyl sites for hydroxylation is 1. The monoisotopic (exact) mass is 314 g/mol. The number of esters is 1. The summed E-state index contributed by atoms with van der Waals surface area (Å²) in [6.45, 7) is 3.51. The number of H-pyrrole nitrogens is 1. The minimum absolute atomic E-state index is 0.0158. The lowest BCUT2D eigenvalue weighted by Gasteiger charge is -2.03. The number of halogens is 2. The van der Waals surface area contributed by atoms with Crippen LogP contribution in [0.25, 0.3) is 5.69 Å². The Morgan fingerprint density at radius 3 is 2.65 bits per heavy atom. The quantitative estimate of drug-likeness (QED) is 0.886. The van der Waals surface area contributed by atoms with Crippen LogP contribution in [-0.2, 0) is 4.74 Å². The predicted molar refractivity (Wildman–Crippen MR) is 77.1 cm³/mol. The molecule has 0 spiro atoms. The van der Waals surface area contributed by atoms with Crippen molar-refractivity contribution in [2.45, 2.75) is 13.8 Å². The van der Waals surface area contributed by atoms with E-state index in [1.54, 1.807) is 26.0 Å². The van der Waals surface area contributed by atoms with Crippen LogP contribution in [0.4, 0.5) is 0 Å². The Bertz CT molecular complexity index is 719. The number of nitrogens with one attached hydrogen (secondary N) is 1. The van der Waals surface area contributed by atoms with Crippen LogP contribution in [0.5, 0.6) is 0 Å². The van der Waals surface area contributed by atoms with Gasteiger partial charge in [0.05, 0.1) is 22.3 Å². The topological polar surface area (TPSA) is 64.1 Å². The molecular formula is C13H12Cl2N2O3. The molecule has 0 radical (unpaired) electrons. The number of carbonyl (C=O) groups is 1. The molecule has 1 heterocycles. The molecule has 0 aliphatic rings. The molecule has 0 unspecified atom stereocenters. The minimum atomic E-state index is -0.648. The molecular weight excluding hydrogens is 303 g/mol. The van der Waals surface area contributed by atoms with Crippen LogP contribution in [0.2, 0.25) is 10.0 Å². The van der Waals surface area contributed by atoms with Gasteiger partial charge < -0.3 is 4.74 Å². The molecule has 1 aromatic carbocycles. The summed E-state index contributed by atoms with van der Waals surface area (Å²) in [7, 11) is 0. The second-order valence-electron chi connectivity index (χ2n) is 4.07. The van der Waals surface area contributed by atoms with E-state index in [0.29, 0.717) is 21.4 Å². The number of nitrogens with zero attached hydrogens (tertiary/aromatic N) is 1. The molecule has 2 aromatic rings. The Morgan fingerprint density at radius 1 is 1.35 bits per heavy atom. The molecule has 7 heteroatoms. The van der Waals surface area contributed by atoms with Gasteiger partial charge in [-0.1, -0.05) is 23.2 Å². The van der Waals surface area contributed by atoms with Gasteiger partial charge in [-0.2, -0.15) is 0 Å². The van der Waals surface area contributed by atoms with Gasteiger partial charge >= 0.3 is 5.97 Å². The molecule has 0 bridgehead atoms. The summed E-state index contributed by atoms with van der Waals surface area (Å²) in [4.78, 5) is 24.0. The van der Waals surface area contributed by atoms with Crippen molar-refractivity contribution in [3.63, 3.8) is 0 Å². The molecule has 2 rings (SSSR count). The van der Waals surface area contributed by atoms with Gasteiger partial charge in [0.25, 0.3) is 5.56 Å². The fourth-order valence-corrected chi connectivity index (χ4v) is 2.09. The van der Waals surface area contributed by atoms with E-state index >= 15 is 0 Å². The van der Waals surface area contributed by atoms with E-state index in [0.717, 1.165) is 0 Å². The van der Waals surface area contributed by atoms with E-state index in [2.05, 4.69) is 5.10 Å². The van der Waals surface area contributed by atoms with Crippen molar-refractivity contribution >= 4 is 29.2 Å². The van der Waals surface area contributed by atoms with Crippen molar-refractivity contribution in [1.29, 1.82) is 0 Å². The molecule has 0 aliphatic carbocycles. The molecule has 1 N–H and O–H groups in total. The minimum Gasteiger partial charge on any atom is -0.462 e. The van der Waals surface area contributed by atoms with Crippen LogP contribution in [0, 0.1) is 6.92 Å². The number of aromatic amines is 1. The Kier molecular flexibility index (Phi) is 4.20. The molecule has 0 aliphatic heterocycles. The van der Waals surface area contributed by atoms with Gasteiger partial charge in [-0.15, -0.1) is 0 Å². The lowest BCUT2D eigenvalue weighted by Crippen LogP contribution is -2.21. The van der Waals surface area contributed by atoms with E-state index in [-0.39, 0.29) is 12.2 Å². The summed E-state index contributed by atoms with van der Waals surface area (Å²) in [6.07, 6.45) is 0. The first kappa shape index (κ1) is 14.7. The second kappa shape index (κ2) is 5.73. The van der Waals surface area contributed by atoms with Gasteiger partial charge in [-0.3, -0.25) is 9.89 Å². The highest BCUT2D eigenvalue weighted by Crippen LogP contribution is 2.23. The molecule has 0 amide bonds. The first-order valence-corrected chi connectivity index (χ1v) is 6.65. The third-order valence-electron chi connectivity index (χ3n) is 2.71. The van der Waals surface area contributed by atoms with Gasteiger partial charge in [-0.05, 0) is 32.0 Å². The third-order valence-corrected chi connectivity index (χ3v) is 3.45. The van der Waals surface area contributed by atoms with Crippen molar-refractivity contribution in [2.75, 3.05) is 6.61 Å². The summed E-state index contributed by atoms with van der Waals surface area (Å²) in [6, 6.07) is 4.74. The highest BCUT2D eigenvalue weighted by atomic mass is 35.5. The van der Waals surface area contributed by atoms with Crippen molar-refractivity contribution in [3.05, 3.63) is 49.9 Å². The normalized spacial score (nSPS) is 10.6. The van der Waals surface area contributed by atoms with Gasteiger partial charge in [0.15, 0.2) is 0 Å². The standard InChI is InChI=1S/C13H12Cl2N2O3/c1-3-20-13(19)11-7(2)16-17(12(11)18)8-4-5-9(14)10(15)6-8/h4-6,16H,3H2,1-2H3. The van der Waals surface area contributed by atoms with Crippen LogP contribution in [-0.4, -0.2) is 22.4 Å². The zero-order valence-electron chi connectivity index (χ0n) is 10.9. The molecule has 0 saturated carbocycles. The number of hydrogen-bond donors (Lipinski definition) is 1. The van der Waals surface area contributed by atoms with E-state index in [9.17, 15) is 9.59 Å². The maximum atomic E-state index is 12.3. The van der Waals surface area contributed by atoms with Crippen molar-refractivity contribution < 1.29 is 9.53 Å². The van der Waals surface area contributed by atoms with Gasteiger partial charge in [0.2, 0.25) is 0 Å². The van der Waals surface area contributed by atoms with Gasteiger partial charge in [0.1, 0.15) is 5.56 Å². The third kappa shape index (κ3) is 2.59.